The Morgan fingerprint density at radius 3 is 2.53 bits per heavy atom. The Hall–Kier alpha value is -1.30. The predicted molar refractivity (Wildman–Crippen MR) is 75.5 cm³/mol. The average Bonchev–Trinajstić information content (AvgIpc) is 2.63. The Kier molecular flexibility index (Phi) is 3.99. The molecule has 1 fully saturated rings. The van der Waals surface area contributed by atoms with Crippen LogP contribution in [0, 0.1) is 5.41 Å². The van der Waals surface area contributed by atoms with E-state index in [4.69, 9.17) is 28.6 Å². The first-order valence-corrected chi connectivity index (χ1v) is 6.56. The van der Waals surface area contributed by atoms with Crippen LogP contribution >= 0.6 is 23.2 Å². The molecule has 3 N–H and O–H groups in total. The fourth-order valence-electron chi connectivity index (χ4n) is 1.88. The molecular formula is C12H14Cl2N4O. The van der Waals surface area contributed by atoms with Crippen LogP contribution in [0.5, 0.6) is 0 Å². The van der Waals surface area contributed by atoms with Crippen LogP contribution in [-0.2, 0) is 6.54 Å². The molecule has 1 saturated heterocycles. The number of carbonyl (C=O) groups excluding carboxylic acids is 1. The van der Waals surface area contributed by atoms with Gasteiger partial charge in [-0.2, -0.15) is 0 Å². The third kappa shape index (κ3) is 2.54. The fraction of sp³-hybridized carbons (Fsp3) is 0.333. The van der Waals surface area contributed by atoms with Gasteiger partial charge in [-0.3, -0.25) is 15.6 Å². The third-order valence-electron chi connectivity index (χ3n) is 3.06. The summed E-state index contributed by atoms with van der Waals surface area (Å²) in [6.07, 6.45) is 0. The second kappa shape index (κ2) is 5.36. The quantitative estimate of drug-likeness (QED) is 0.744. The van der Waals surface area contributed by atoms with Crippen LogP contribution in [-0.4, -0.2) is 34.3 Å². The Balaban J connectivity index is 2.18. The summed E-state index contributed by atoms with van der Waals surface area (Å²) in [4.78, 5) is 11.8. The van der Waals surface area contributed by atoms with E-state index in [0.29, 0.717) is 6.54 Å². The van der Waals surface area contributed by atoms with Gasteiger partial charge in [0, 0.05) is 13.6 Å². The molecule has 0 bridgehead atoms. The van der Waals surface area contributed by atoms with Crippen molar-refractivity contribution in [3.8, 4) is 0 Å². The number of nitrogens with one attached hydrogen (secondary N) is 3. The van der Waals surface area contributed by atoms with Crippen molar-refractivity contribution in [2.24, 2.45) is 0 Å². The summed E-state index contributed by atoms with van der Waals surface area (Å²) in [6.45, 7) is 0.438. The number of alkyl halides is 2. The van der Waals surface area contributed by atoms with E-state index in [2.05, 4.69) is 10.6 Å². The summed E-state index contributed by atoms with van der Waals surface area (Å²) in [5, 5.41) is 13.7. The van der Waals surface area contributed by atoms with E-state index in [1.165, 1.54) is 11.9 Å². The molecule has 19 heavy (non-hydrogen) atoms. The molecule has 2 rings (SSSR count). The monoisotopic (exact) mass is 300 g/mol. The van der Waals surface area contributed by atoms with E-state index < -0.39 is 16.5 Å². The summed E-state index contributed by atoms with van der Waals surface area (Å²) in [7, 11) is 1.50. The lowest BCUT2D eigenvalue weighted by Gasteiger charge is -2.30. The normalized spacial score (nSPS) is 23.1. The molecule has 0 aromatic heterocycles. The predicted octanol–water partition coefficient (Wildman–Crippen LogP) is 1.91. The van der Waals surface area contributed by atoms with Gasteiger partial charge in [0.25, 0.3) is 0 Å². The highest BCUT2D eigenvalue weighted by molar-refractivity contribution is 6.47. The third-order valence-corrected chi connectivity index (χ3v) is 3.71. The molecule has 1 atom stereocenters. The number of likely N-dealkylation sites (N-methyl/N-ethyl adjacent to an activating group) is 1. The van der Waals surface area contributed by atoms with E-state index in [1.54, 1.807) is 0 Å². The molecule has 1 aromatic carbocycles. The molecule has 2 amide bonds. The first-order chi connectivity index (χ1) is 8.97. The largest absolute Gasteiger partial charge is 0.324 e. The van der Waals surface area contributed by atoms with Gasteiger partial charge in [0.1, 0.15) is 5.84 Å². The van der Waals surface area contributed by atoms with Crippen molar-refractivity contribution in [3.63, 3.8) is 0 Å². The molecule has 1 aliphatic heterocycles. The first-order valence-electron chi connectivity index (χ1n) is 5.69. The SMILES string of the molecule is CN1C(=N)C(NCc2ccccc2)(C(Cl)Cl)NC1=O. The smallest absolute Gasteiger partial charge is 0.310 e. The molecule has 0 saturated carbocycles. The molecule has 1 aliphatic rings. The van der Waals surface area contributed by atoms with Gasteiger partial charge in [0.05, 0.1) is 0 Å². The minimum atomic E-state index is -1.26. The summed E-state index contributed by atoms with van der Waals surface area (Å²) in [5.74, 6) is 0.00318. The average molecular weight is 301 g/mol. The van der Waals surface area contributed by atoms with Gasteiger partial charge in [-0.05, 0) is 5.56 Å². The summed E-state index contributed by atoms with van der Waals surface area (Å²) in [6, 6.07) is 9.19. The number of halogens is 2. The van der Waals surface area contributed by atoms with Gasteiger partial charge in [-0.1, -0.05) is 30.3 Å². The second-order valence-electron chi connectivity index (χ2n) is 4.29. The van der Waals surface area contributed by atoms with E-state index >= 15 is 0 Å². The van der Waals surface area contributed by atoms with Crippen LogP contribution in [0.15, 0.2) is 30.3 Å². The first kappa shape index (κ1) is 14.1. The van der Waals surface area contributed by atoms with E-state index in [-0.39, 0.29) is 5.84 Å². The van der Waals surface area contributed by atoms with Gasteiger partial charge < -0.3 is 5.32 Å². The topological polar surface area (TPSA) is 68.2 Å². The number of rotatable bonds is 4. The van der Waals surface area contributed by atoms with Gasteiger partial charge in [0.2, 0.25) is 0 Å². The van der Waals surface area contributed by atoms with Gasteiger partial charge in [-0.25, -0.2) is 4.79 Å². The maximum Gasteiger partial charge on any atom is 0.324 e. The molecule has 1 heterocycles. The molecule has 1 aromatic rings. The van der Waals surface area contributed by atoms with Gasteiger partial charge in [-0.15, -0.1) is 23.2 Å². The molecule has 0 aliphatic carbocycles. The fourth-order valence-corrected chi connectivity index (χ4v) is 2.35. The molecule has 102 valence electrons. The zero-order valence-electron chi connectivity index (χ0n) is 10.3. The molecule has 0 spiro atoms. The highest BCUT2D eigenvalue weighted by Gasteiger charge is 2.51. The minimum absolute atomic E-state index is 0.00318. The van der Waals surface area contributed by atoms with Crippen LogP contribution in [0.1, 0.15) is 5.56 Å². The van der Waals surface area contributed by atoms with Crippen molar-refractivity contribution in [1.82, 2.24) is 15.5 Å². The molecule has 1 unspecified atom stereocenters. The second-order valence-corrected chi connectivity index (χ2v) is 5.38. The Labute approximate surface area is 121 Å². The van der Waals surface area contributed by atoms with Gasteiger partial charge in [0.15, 0.2) is 10.5 Å². The minimum Gasteiger partial charge on any atom is -0.310 e. The number of hydrogen-bond donors (Lipinski definition) is 3. The van der Waals surface area contributed by atoms with Crippen molar-refractivity contribution in [2.75, 3.05) is 7.05 Å². The van der Waals surface area contributed by atoms with Crippen molar-refractivity contribution < 1.29 is 4.79 Å². The summed E-state index contributed by atoms with van der Waals surface area (Å²) >= 11 is 11.9. The molecular weight excluding hydrogens is 287 g/mol. The van der Waals surface area contributed by atoms with Crippen LogP contribution in [0.3, 0.4) is 0 Å². The van der Waals surface area contributed by atoms with Crippen molar-refractivity contribution in [2.45, 2.75) is 17.0 Å². The van der Waals surface area contributed by atoms with Crippen LogP contribution in [0.2, 0.25) is 0 Å². The van der Waals surface area contributed by atoms with Crippen molar-refractivity contribution in [1.29, 1.82) is 5.41 Å². The number of urea groups is 1. The van der Waals surface area contributed by atoms with Crippen molar-refractivity contribution in [3.05, 3.63) is 35.9 Å². The maximum absolute atomic E-state index is 11.6. The highest BCUT2D eigenvalue weighted by Crippen LogP contribution is 2.25. The zero-order valence-corrected chi connectivity index (χ0v) is 11.8. The van der Waals surface area contributed by atoms with Crippen LogP contribution in [0.25, 0.3) is 0 Å². The number of hydrogen-bond acceptors (Lipinski definition) is 3. The lowest BCUT2D eigenvalue weighted by Crippen LogP contribution is -2.62. The lowest BCUT2D eigenvalue weighted by molar-refractivity contribution is 0.228. The van der Waals surface area contributed by atoms with Crippen molar-refractivity contribution >= 4 is 35.1 Å². The van der Waals surface area contributed by atoms with E-state index in [1.807, 2.05) is 30.3 Å². The highest BCUT2D eigenvalue weighted by atomic mass is 35.5. The summed E-state index contributed by atoms with van der Waals surface area (Å²) in [5.41, 5.74) is -0.252. The van der Waals surface area contributed by atoms with Crippen LogP contribution in [0.4, 0.5) is 4.79 Å². The summed E-state index contributed by atoms with van der Waals surface area (Å²) < 4.78 is 0. The Morgan fingerprint density at radius 2 is 2.05 bits per heavy atom. The molecule has 5 nitrogen and oxygen atoms in total. The van der Waals surface area contributed by atoms with E-state index in [0.717, 1.165) is 5.56 Å². The molecule has 0 radical (unpaired) electrons. The van der Waals surface area contributed by atoms with E-state index in [9.17, 15) is 4.79 Å². The maximum atomic E-state index is 11.6. The van der Waals surface area contributed by atoms with Gasteiger partial charge >= 0.3 is 6.03 Å². The number of carbonyl (C=O) groups is 1. The standard InChI is InChI=1S/C12H14Cl2N4O/c1-18-10(15)12(9(13)14,17-11(18)19)16-7-8-5-3-2-4-6-8/h2-6,9,15-16H,7H2,1H3,(H,17,19). The molecule has 7 heteroatoms. The number of amides is 2. The number of nitrogens with zero attached hydrogens (tertiary/aromatic N) is 1. The number of benzene rings is 1. The van der Waals surface area contributed by atoms with Crippen LogP contribution < -0.4 is 10.6 Å². The Bertz CT molecular complexity index is 494. The number of amidine groups is 1. The zero-order chi connectivity index (χ0) is 14.0. The Morgan fingerprint density at radius 1 is 1.42 bits per heavy atom. The lowest BCUT2D eigenvalue weighted by atomic mass is 10.1.